The first-order chi connectivity index (χ1) is 22.6. The molecule has 0 rings (SSSR count). The number of carboxylic acid groups (broad SMARTS) is 1. The van der Waals surface area contributed by atoms with E-state index in [4.69, 9.17) is 18.9 Å². The van der Waals surface area contributed by atoms with Crippen molar-refractivity contribution in [2.24, 2.45) is 0 Å². The Balaban J connectivity index is 4.56. The maximum absolute atomic E-state index is 12.6. The van der Waals surface area contributed by atoms with Crippen LogP contribution in [-0.2, 0) is 33.3 Å². The highest BCUT2D eigenvalue weighted by molar-refractivity contribution is 5.70. The normalized spacial score (nSPS) is 13.5. The number of aliphatic carboxylic acids is 1. The third kappa shape index (κ3) is 31.9. The van der Waals surface area contributed by atoms with Crippen LogP contribution in [0.2, 0.25) is 0 Å². The molecule has 0 aliphatic heterocycles. The van der Waals surface area contributed by atoms with Crippen molar-refractivity contribution in [3.05, 3.63) is 36.5 Å². The van der Waals surface area contributed by atoms with Crippen molar-refractivity contribution in [1.29, 1.82) is 0 Å². The Morgan fingerprint density at radius 3 is 1.81 bits per heavy atom. The summed E-state index contributed by atoms with van der Waals surface area (Å²) >= 11 is 0. The molecule has 47 heavy (non-hydrogen) atoms. The molecule has 0 aliphatic rings. The van der Waals surface area contributed by atoms with Crippen LogP contribution in [-0.4, -0.2) is 82.3 Å². The lowest BCUT2D eigenvalue weighted by atomic mass is 10.1. The number of carbonyl (C=O) groups excluding carboxylic acids is 3. The summed E-state index contributed by atoms with van der Waals surface area (Å²) in [6.45, 7) is 4.52. The topological polar surface area (TPSA) is 111 Å². The van der Waals surface area contributed by atoms with Gasteiger partial charge in [-0.2, -0.15) is 0 Å². The molecule has 0 aromatic carbocycles. The minimum absolute atomic E-state index is 0.144. The van der Waals surface area contributed by atoms with Crippen LogP contribution < -0.4 is 5.11 Å². The minimum Gasteiger partial charge on any atom is -0.545 e. The summed E-state index contributed by atoms with van der Waals surface area (Å²) in [5.74, 6) is -2.32. The molecule has 0 aromatic heterocycles. The number of carbonyl (C=O) groups is 3. The highest BCUT2D eigenvalue weighted by Gasteiger charge is 2.21. The summed E-state index contributed by atoms with van der Waals surface area (Å²) in [6, 6.07) is 0. The fourth-order valence-electron chi connectivity index (χ4n) is 4.55. The molecule has 0 bridgehead atoms. The van der Waals surface area contributed by atoms with E-state index in [0.29, 0.717) is 17.4 Å². The Kier molecular flexibility index (Phi) is 29.2. The second-order valence-corrected chi connectivity index (χ2v) is 13.1. The largest absolute Gasteiger partial charge is 0.545 e. The molecule has 9 heteroatoms. The van der Waals surface area contributed by atoms with Gasteiger partial charge in [-0.05, 0) is 44.9 Å². The Hall–Kier alpha value is -2.49. The molecule has 0 radical (unpaired) electrons. The van der Waals surface area contributed by atoms with E-state index in [1.165, 1.54) is 25.7 Å². The second kappa shape index (κ2) is 30.8. The van der Waals surface area contributed by atoms with Crippen LogP contribution in [0.3, 0.4) is 0 Å². The van der Waals surface area contributed by atoms with Crippen molar-refractivity contribution < 1.29 is 42.9 Å². The number of allylic oxidation sites excluding steroid dienone is 6. The zero-order chi connectivity index (χ0) is 35.0. The monoisotopic (exact) mass is 665 g/mol. The van der Waals surface area contributed by atoms with Gasteiger partial charge in [0, 0.05) is 12.8 Å². The summed E-state index contributed by atoms with van der Waals surface area (Å²) in [5, 5.41) is 11.6. The number of esters is 2. The Labute approximate surface area is 286 Å². The second-order valence-electron chi connectivity index (χ2n) is 13.1. The SMILES string of the molecule is CC/C=C\C/C=C\C/C=C\CCCCCCCC(=O)OC(COC(=O)CCCCCCCCC)COC(OCC[N+](C)(C)C)C(=O)[O-]. The van der Waals surface area contributed by atoms with Gasteiger partial charge < -0.3 is 33.3 Å². The van der Waals surface area contributed by atoms with Crippen LogP contribution >= 0.6 is 0 Å². The molecule has 2 atom stereocenters. The number of ether oxygens (including phenoxy) is 4. The van der Waals surface area contributed by atoms with Gasteiger partial charge in [0.25, 0.3) is 0 Å². The molecule has 2 unspecified atom stereocenters. The molecule has 0 aromatic rings. The summed E-state index contributed by atoms with van der Waals surface area (Å²) < 4.78 is 22.3. The van der Waals surface area contributed by atoms with Crippen LogP contribution in [0.5, 0.6) is 0 Å². The van der Waals surface area contributed by atoms with Crippen LogP contribution in [0.15, 0.2) is 36.5 Å². The maximum Gasteiger partial charge on any atom is 0.306 e. The standard InChI is InChI=1S/C38H67NO8/c1-6-8-10-12-14-15-16-17-18-19-20-21-23-25-27-29-36(41)47-34(32-45-35(40)28-26-24-22-13-11-9-7-2)33-46-38(37(42)43)44-31-30-39(3,4)5/h8,10,14-15,17-18,34,38H,6-7,9,11-13,16,19-33H2,1-5H3/b10-8-,15-14-,18-17-. The molecule has 0 saturated heterocycles. The fourth-order valence-corrected chi connectivity index (χ4v) is 4.55. The van der Waals surface area contributed by atoms with Gasteiger partial charge in [-0.25, -0.2) is 0 Å². The van der Waals surface area contributed by atoms with Crippen molar-refractivity contribution in [3.63, 3.8) is 0 Å². The maximum atomic E-state index is 12.6. The molecular weight excluding hydrogens is 598 g/mol. The number of hydrogen-bond donors (Lipinski definition) is 0. The van der Waals surface area contributed by atoms with E-state index in [1.54, 1.807) is 0 Å². The summed E-state index contributed by atoms with van der Waals surface area (Å²) in [6.07, 6.45) is 27.7. The molecular formula is C38H67NO8. The zero-order valence-corrected chi connectivity index (χ0v) is 30.4. The quantitative estimate of drug-likeness (QED) is 0.0249. The molecule has 0 fully saturated rings. The van der Waals surface area contributed by atoms with E-state index >= 15 is 0 Å². The van der Waals surface area contributed by atoms with Crippen LogP contribution in [0, 0.1) is 0 Å². The smallest absolute Gasteiger partial charge is 0.306 e. The van der Waals surface area contributed by atoms with E-state index in [1.807, 2.05) is 21.1 Å². The Morgan fingerprint density at radius 1 is 0.660 bits per heavy atom. The van der Waals surface area contributed by atoms with Gasteiger partial charge in [-0.3, -0.25) is 9.59 Å². The zero-order valence-electron chi connectivity index (χ0n) is 30.4. The Bertz CT molecular complexity index is 877. The van der Waals surface area contributed by atoms with Crippen molar-refractivity contribution in [3.8, 4) is 0 Å². The first-order valence-corrected chi connectivity index (χ1v) is 18.1. The van der Waals surface area contributed by atoms with E-state index in [-0.39, 0.29) is 38.6 Å². The van der Waals surface area contributed by atoms with Crippen molar-refractivity contribution >= 4 is 17.9 Å². The highest BCUT2D eigenvalue weighted by atomic mass is 16.7. The number of carboxylic acids is 1. The molecule has 0 aliphatic carbocycles. The number of quaternary nitrogens is 1. The van der Waals surface area contributed by atoms with Gasteiger partial charge in [0.2, 0.25) is 0 Å². The summed E-state index contributed by atoms with van der Waals surface area (Å²) in [4.78, 5) is 36.5. The lowest BCUT2D eigenvalue weighted by Crippen LogP contribution is -2.44. The summed E-state index contributed by atoms with van der Waals surface area (Å²) in [5.41, 5.74) is 0. The summed E-state index contributed by atoms with van der Waals surface area (Å²) in [7, 11) is 5.88. The van der Waals surface area contributed by atoms with Gasteiger partial charge in [0.05, 0.1) is 40.3 Å². The van der Waals surface area contributed by atoms with E-state index in [2.05, 4.69) is 50.3 Å². The molecule has 272 valence electrons. The van der Waals surface area contributed by atoms with Crippen LogP contribution in [0.4, 0.5) is 0 Å². The minimum atomic E-state index is -1.62. The molecule has 9 nitrogen and oxygen atoms in total. The number of rotatable bonds is 32. The lowest BCUT2D eigenvalue weighted by molar-refractivity contribution is -0.870. The molecule has 0 spiro atoms. The van der Waals surface area contributed by atoms with Crippen molar-refractivity contribution in [1.82, 2.24) is 0 Å². The molecule has 0 heterocycles. The van der Waals surface area contributed by atoms with Crippen LogP contribution in [0.1, 0.15) is 129 Å². The average molecular weight is 666 g/mol. The van der Waals surface area contributed by atoms with Gasteiger partial charge in [-0.15, -0.1) is 0 Å². The van der Waals surface area contributed by atoms with Gasteiger partial charge in [0.15, 0.2) is 12.4 Å². The predicted octanol–water partition coefficient (Wildman–Crippen LogP) is 6.99. The predicted molar refractivity (Wildman–Crippen MR) is 186 cm³/mol. The van der Waals surface area contributed by atoms with Crippen molar-refractivity contribution in [2.75, 3.05) is 47.5 Å². The number of hydrogen-bond acceptors (Lipinski definition) is 8. The first kappa shape index (κ1) is 44.5. The number of likely N-dealkylation sites (N-methyl/N-ethyl adjacent to an activating group) is 1. The Morgan fingerprint density at radius 2 is 1.21 bits per heavy atom. The van der Waals surface area contributed by atoms with E-state index < -0.39 is 24.3 Å². The number of unbranched alkanes of at least 4 members (excludes halogenated alkanes) is 11. The molecule has 0 saturated carbocycles. The lowest BCUT2D eigenvalue weighted by Gasteiger charge is -2.26. The first-order valence-electron chi connectivity index (χ1n) is 18.1. The molecule has 0 amide bonds. The third-order valence-electron chi connectivity index (χ3n) is 7.40. The number of nitrogens with zero attached hydrogens (tertiary/aromatic N) is 1. The average Bonchev–Trinajstić information content (AvgIpc) is 3.02. The van der Waals surface area contributed by atoms with E-state index in [0.717, 1.165) is 70.6 Å². The highest BCUT2D eigenvalue weighted by Crippen LogP contribution is 2.12. The van der Waals surface area contributed by atoms with E-state index in [9.17, 15) is 19.5 Å². The van der Waals surface area contributed by atoms with Gasteiger partial charge >= 0.3 is 11.9 Å². The van der Waals surface area contributed by atoms with Gasteiger partial charge in [-0.1, -0.05) is 108 Å². The molecule has 0 N–H and O–H groups in total. The fraction of sp³-hybridized carbons (Fsp3) is 0.763. The van der Waals surface area contributed by atoms with Gasteiger partial charge in [0.1, 0.15) is 13.2 Å². The van der Waals surface area contributed by atoms with Crippen molar-refractivity contribution in [2.45, 2.75) is 142 Å². The third-order valence-corrected chi connectivity index (χ3v) is 7.40. The van der Waals surface area contributed by atoms with Crippen LogP contribution in [0.25, 0.3) is 0 Å².